The van der Waals surface area contributed by atoms with Crippen LogP contribution in [0.4, 0.5) is 0 Å². The Balaban J connectivity index is 1.61. The number of carbonyl (C=O) groups is 2. The Bertz CT molecular complexity index is 384. The molecule has 1 atom stereocenters. The topological polar surface area (TPSA) is 78.4 Å². The summed E-state index contributed by atoms with van der Waals surface area (Å²) in [6.07, 6.45) is 5.09. The van der Waals surface area contributed by atoms with Gasteiger partial charge in [-0.2, -0.15) is 0 Å². The molecule has 1 saturated heterocycles. The van der Waals surface area contributed by atoms with E-state index >= 15 is 0 Å². The molecule has 1 amide bonds. The van der Waals surface area contributed by atoms with Crippen molar-refractivity contribution in [1.29, 1.82) is 0 Å². The summed E-state index contributed by atoms with van der Waals surface area (Å²) in [6, 6.07) is 0. The van der Waals surface area contributed by atoms with E-state index in [1.165, 1.54) is 0 Å². The molecule has 1 heterocycles. The minimum atomic E-state index is -0.951. The highest BCUT2D eigenvalue weighted by molar-refractivity contribution is 5.90. The van der Waals surface area contributed by atoms with Gasteiger partial charge in [-0.25, -0.2) is 4.79 Å². The third-order valence-electron chi connectivity index (χ3n) is 5.08. The summed E-state index contributed by atoms with van der Waals surface area (Å²) in [5.41, 5.74) is -0.771. The fourth-order valence-electron chi connectivity index (χ4n) is 3.44. The molecular weight excluding hydrogens is 232 g/mol. The van der Waals surface area contributed by atoms with Crippen LogP contribution in [-0.4, -0.2) is 35.6 Å². The van der Waals surface area contributed by atoms with Gasteiger partial charge in [-0.3, -0.25) is 4.79 Å². The summed E-state index contributed by atoms with van der Waals surface area (Å²) in [5.74, 6) is -0.850. The molecule has 2 aliphatic carbocycles. The van der Waals surface area contributed by atoms with E-state index in [9.17, 15) is 14.7 Å². The van der Waals surface area contributed by atoms with Gasteiger partial charge < -0.3 is 15.7 Å². The molecule has 5 heteroatoms. The quantitative estimate of drug-likeness (QED) is 0.683. The second-order valence-electron chi connectivity index (χ2n) is 6.10. The van der Waals surface area contributed by atoms with Crippen LogP contribution in [0.2, 0.25) is 0 Å². The van der Waals surface area contributed by atoms with Crippen molar-refractivity contribution >= 4 is 11.9 Å². The Labute approximate surface area is 106 Å². The van der Waals surface area contributed by atoms with E-state index in [0.29, 0.717) is 12.8 Å². The number of amides is 1. The molecule has 1 spiro atoms. The SMILES string of the molecule is O=C(NC1(C(=O)O)CCC1)C1CC12CCNCC2. The molecule has 3 aliphatic rings. The summed E-state index contributed by atoms with van der Waals surface area (Å²) >= 11 is 0. The summed E-state index contributed by atoms with van der Waals surface area (Å²) in [7, 11) is 0. The molecule has 5 nitrogen and oxygen atoms in total. The molecule has 0 bridgehead atoms. The zero-order valence-electron chi connectivity index (χ0n) is 10.5. The van der Waals surface area contributed by atoms with E-state index in [4.69, 9.17) is 0 Å². The molecule has 3 rings (SSSR count). The van der Waals surface area contributed by atoms with Crippen LogP contribution in [0.1, 0.15) is 38.5 Å². The number of carbonyl (C=O) groups excluding carboxylic acids is 1. The van der Waals surface area contributed by atoms with Crippen molar-refractivity contribution in [1.82, 2.24) is 10.6 Å². The van der Waals surface area contributed by atoms with Crippen molar-refractivity contribution in [2.24, 2.45) is 11.3 Å². The van der Waals surface area contributed by atoms with Gasteiger partial charge in [0.2, 0.25) is 5.91 Å². The van der Waals surface area contributed by atoms with Gasteiger partial charge in [0.1, 0.15) is 5.54 Å². The third kappa shape index (κ3) is 1.72. The first-order chi connectivity index (χ1) is 8.58. The molecule has 0 radical (unpaired) electrons. The van der Waals surface area contributed by atoms with Crippen molar-refractivity contribution in [3.63, 3.8) is 0 Å². The summed E-state index contributed by atoms with van der Waals surface area (Å²) in [4.78, 5) is 23.4. The molecule has 3 N–H and O–H groups in total. The Morgan fingerprint density at radius 3 is 2.33 bits per heavy atom. The molecule has 1 unspecified atom stereocenters. The normalized spacial score (nSPS) is 31.4. The van der Waals surface area contributed by atoms with Gasteiger partial charge in [0.15, 0.2) is 0 Å². The zero-order valence-corrected chi connectivity index (χ0v) is 10.5. The number of nitrogens with one attached hydrogen (secondary N) is 2. The van der Waals surface area contributed by atoms with Gasteiger partial charge in [-0.15, -0.1) is 0 Å². The average Bonchev–Trinajstić information content (AvgIpc) is 2.98. The third-order valence-corrected chi connectivity index (χ3v) is 5.08. The van der Waals surface area contributed by atoms with Crippen LogP contribution in [0.25, 0.3) is 0 Å². The second kappa shape index (κ2) is 3.95. The number of carboxylic acids is 1. The smallest absolute Gasteiger partial charge is 0.329 e. The van der Waals surface area contributed by atoms with Crippen molar-refractivity contribution in [3.8, 4) is 0 Å². The fraction of sp³-hybridized carbons (Fsp3) is 0.846. The lowest BCUT2D eigenvalue weighted by atomic mass is 9.76. The lowest BCUT2D eigenvalue weighted by Crippen LogP contribution is -2.59. The number of carboxylic acid groups (broad SMARTS) is 1. The first-order valence-electron chi connectivity index (χ1n) is 6.84. The minimum Gasteiger partial charge on any atom is -0.480 e. The second-order valence-corrected chi connectivity index (χ2v) is 6.10. The van der Waals surface area contributed by atoms with Crippen LogP contribution in [0.15, 0.2) is 0 Å². The van der Waals surface area contributed by atoms with Crippen LogP contribution in [0.5, 0.6) is 0 Å². The summed E-state index contributed by atoms with van der Waals surface area (Å²) < 4.78 is 0. The number of hydrogen-bond donors (Lipinski definition) is 3. The van der Waals surface area contributed by atoms with Gasteiger partial charge in [0.05, 0.1) is 0 Å². The monoisotopic (exact) mass is 252 g/mol. The van der Waals surface area contributed by atoms with Crippen LogP contribution in [0.3, 0.4) is 0 Å². The predicted octanol–water partition coefficient (Wildman–Crippen LogP) is 0.500. The molecule has 0 aromatic carbocycles. The summed E-state index contributed by atoms with van der Waals surface area (Å²) in [6.45, 7) is 1.96. The zero-order chi connectivity index (χ0) is 12.8. The van der Waals surface area contributed by atoms with E-state index in [1.807, 2.05) is 0 Å². The Hall–Kier alpha value is -1.10. The van der Waals surface area contributed by atoms with Gasteiger partial charge in [0.25, 0.3) is 0 Å². The van der Waals surface area contributed by atoms with Crippen molar-refractivity contribution in [2.45, 2.75) is 44.1 Å². The Morgan fingerprint density at radius 1 is 1.17 bits per heavy atom. The standard InChI is InChI=1S/C13H20N2O3/c16-10(15-13(11(17)18)2-1-3-13)9-8-12(9)4-6-14-7-5-12/h9,14H,1-8H2,(H,15,16)(H,17,18). The first kappa shape index (κ1) is 12.0. The van der Waals surface area contributed by atoms with E-state index < -0.39 is 11.5 Å². The lowest BCUT2D eigenvalue weighted by molar-refractivity contribution is -0.152. The van der Waals surface area contributed by atoms with E-state index in [1.54, 1.807) is 0 Å². The molecule has 100 valence electrons. The minimum absolute atomic E-state index is 0.0287. The average molecular weight is 252 g/mol. The number of aliphatic carboxylic acids is 1. The molecule has 0 aromatic rings. The lowest BCUT2D eigenvalue weighted by Gasteiger charge is -2.38. The number of piperidine rings is 1. The van der Waals surface area contributed by atoms with Crippen molar-refractivity contribution in [3.05, 3.63) is 0 Å². The Morgan fingerprint density at radius 2 is 1.83 bits per heavy atom. The van der Waals surface area contributed by atoms with Crippen molar-refractivity contribution < 1.29 is 14.7 Å². The van der Waals surface area contributed by atoms with Gasteiger partial charge in [-0.05, 0) is 57.0 Å². The maximum absolute atomic E-state index is 12.2. The first-order valence-corrected chi connectivity index (χ1v) is 6.84. The van der Waals surface area contributed by atoms with Crippen LogP contribution < -0.4 is 10.6 Å². The molecule has 1 aliphatic heterocycles. The highest BCUT2D eigenvalue weighted by Crippen LogP contribution is 2.58. The van der Waals surface area contributed by atoms with Crippen molar-refractivity contribution in [2.75, 3.05) is 13.1 Å². The molecular formula is C13H20N2O3. The largest absolute Gasteiger partial charge is 0.480 e. The molecule has 2 saturated carbocycles. The molecule has 18 heavy (non-hydrogen) atoms. The maximum Gasteiger partial charge on any atom is 0.329 e. The maximum atomic E-state index is 12.2. The van der Waals surface area contributed by atoms with Gasteiger partial charge >= 0.3 is 5.97 Å². The van der Waals surface area contributed by atoms with E-state index in [2.05, 4.69) is 10.6 Å². The number of rotatable bonds is 3. The molecule has 0 aromatic heterocycles. The molecule has 3 fully saturated rings. The van der Waals surface area contributed by atoms with E-state index in [0.717, 1.165) is 38.8 Å². The fourth-order valence-corrected chi connectivity index (χ4v) is 3.44. The predicted molar refractivity (Wildman–Crippen MR) is 65.0 cm³/mol. The van der Waals surface area contributed by atoms with Crippen LogP contribution in [-0.2, 0) is 9.59 Å². The highest BCUT2D eigenvalue weighted by atomic mass is 16.4. The van der Waals surface area contributed by atoms with Gasteiger partial charge in [0, 0.05) is 5.92 Å². The van der Waals surface area contributed by atoms with Gasteiger partial charge in [-0.1, -0.05) is 0 Å². The highest BCUT2D eigenvalue weighted by Gasteiger charge is 2.59. The summed E-state index contributed by atoms with van der Waals surface area (Å²) in [5, 5.41) is 15.3. The Kier molecular flexibility index (Phi) is 2.62. The number of hydrogen-bond acceptors (Lipinski definition) is 3. The van der Waals surface area contributed by atoms with Crippen LogP contribution in [0, 0.1) is 11.3 Å². The van der Waals surface area contributed by atoms with E-state index in [-0.39, 0.29) is 17.2 Å². The van der Waals surface area contributed by atoms with Crippen LogP contribution >= 0.6 is 0 Å².